The summed E-state index contributed by atoms with van der Waals surface area (Å²) < 4.78 is 0. The molecule has 0 spiro atoms. The number of hydrogen-bond donors (Lipinski definition) is 3. The summed E-state index contributed by atoms with van der Waals surface area (Å²) in [7, 11) is 0. The van der Waals surface area contributed by atoms with Crippen molar-refractivity contribution in [1.29, 1.82) is 5.26 Å². The lowest BCUT2D eigenvalue weighted by Crippen LogP contribution is -2.12. The number of aliphatic imine (C=N–C) groups is 1. The van der Waals surface area contributed by atoms with Gasteiger partial charge in [-0.3, -0.25) is 5.32 Å². The number of rotatable bonds is 2. The molecule has 0 aliphatic heterocycles. The highest BCUT2D eigenvalue weighted by atomic mass is 32.2. The van der Waals surface area contributed by atoms with Gasteiger partial charge in [0.25, 0.3) is 0 Å². The molecule has 17 heavy (non-hydrogen) atoms. The number of nitrogens with zero attached hydrogens (tertiary/aromatic N) is 2. The number of aromatic hydroxyl groups is 1. The monoisotopic (exact) mass is 251 g/mol. The largest absolute Gasteiger partial charge is 0.507 e. The first kappa shape index (κ1) is 12.9. The number of nitrogens with one attached hydrogen (secondary N) is 1. The highest BCUT2D eigenvalue weighted by Gasteiger charge is 2.10. The normalized spacial score (nSPS) is 10.7. The molecular formula is C10H9N3O3S. The van der Waals surface area contributed by atoms with Crippen LogP contribution in [0.4, 0.5) is 5.69 Å². The molecule has 0 fully saturated rings. The van der Waals surface area contributed by atoms with Crippen LogP contribution in [0.1, 0.15) is 10.4 Å². The Morgan fingerprint density at radius 2 is 2.29 bits per heavy atom. The van der Waals surface area contributed by atoms with Crippen molar-refractivity contribution in [3.05, 3.63) is 23.8 Å². The van der Waals surface area contributed by atoms with Gasteiger partial charge in [0.15, 0.2) is 11.4 Å². The maximum Gasteiger partial charge on any atom is 0.339 e. The van der Waals surface area contributed by atoms with E-state index in [2.05, 4.69) is 10.3 Å². The molecule has 7 heteroatoms. The van der Waals surface area contributed by atoms with Gasteiger partial charge in [0.2, 0.25) is 0 Å². The highest BCUT2D eigenvalue weighted by molar-refractivity contribution is 8.13. The van der Waals surface area contributed by atoms with E-state index in [-0.39, 0.29) is 11.3 Å². The minimum Gasteiger partial charge on any atom is -0.507 e. The standard InChI is InChI=1S/C10H9N3O3S/c1-17-10(12-5-11)13-6-2-3-8(14)7(4-6)9(15)16/h2-4,14H,1H3,(H,12,13)(H,15,16). The number of carboxylic acids is 1. The van der Waals surface area contributed by atoms with Gasteiger partial charge in [-0.1, -0.05) is 11.8 Å². The third-order valence-electron chi connectivity index (χ3n) is 1.80. The topological polar surface area (TPSA) is 106 Å². The van der Waals surface area contributed by atoms with Gasteiger partial charge in [0, 0.05) is 0 Å². The van der Waals surface area contributed by atoms with Gasteiger partial charge >= 0.3 is 5.97 Å². The predicted octanol–water partition coefficient (Wildman–Crippen LogP) is 1.51. The number of aromatic carboxylic acids is 1. The maximum absolute atomic E-state index is 10.8. The van der Waals surface area contributed by atoms with Crippen LogP contribution >= 0.6 is 11.8 Å². The van der Waals surface area contributed by atoms with E-state index in [1.54, 1.807) is 12.4 Å². The van der Waals surface area contributed by atoms with Crippen molar-refractivity contribution in [1.82, 2.24) is 5.32 Å². The molecule has 0 saturated heterocycles. The Bertz CT molecular complexity index is 508. The summed E-state index contributed by atoms with van der Waals surface area (Å²) >= 11 is 1.21. The molecule has 0 unspecified atom stereocenters. The predicted molar refractivity (Wildman–Crippen MR) is 64.4 cm³/mol. The minimum atomic E-state index is -1.24. The second-order valence-corrected chi connectivity index (χ2v) is 3.66. The second kappa shape index (κ2) is 5.77. The fraction of sp³-hybridized carbons (Fsp3) is 0.100. The highest BCUT2D eigenvalue weighted by Crippen LogP contribution is 2.23. The Morgan fingerprint density at radius 3 is 2.82 bits per heavy atom. The second-order valence-electron chi connectivity index (χ2n) is 2.86. The van der Waals surface area contributed by atoms with Crippen LogP contribution in [0.2, 0.25) is 0 Å². The van der Waals surface area contributed by atoms with Crippen LogP contribution < -0.4 is 5.32 Å². The Labute approximate surface area is 102 Å². The quantitative estimate of drug-likeness (QED) is 0.318. The molecule has 6 nitrogen and oxygen atoms in total. The summed E-state index contributed by atoms with van der Waals surface area (Å²) in [4.78, 5) is 14.8. The molecule has 0 amide bonds. The molecule has 0 radical (unpaired) electrons. The molecule has 0 saturated carbocycles. The zero-order chi connectivity index (χ0) is 12.8. The van der Waals surface area contributed by atoms with Crippen molar-refractivity contribution in [3.63, 3.8) is 0 Å². The first-order valence-electron chi connectivity index (χ1n) is 4.42. The van der Waals surface area contributed by atoms with Gasteiger partial charge in [0.05, 0.1) is 5.69 Å². The third-order valence-corrected chi connectivity index (χ3v) is 2.38. The molecule has 0 bridgehead atoms. The van der Waals surface area contributed by atoms with Crippen LogP contribution in [-0.2, 0) is 0 Å². The van der Waals surface area contributed by atoms with Crippen molar-refractivity contribution < 1.29 is 15.0 Å². The molecule has 0 aliphatic carbocycles. The third kappa shape index (κ3) is 3.39. The molecule has 1 aromatic carbocycles. The number of carboxylic acid groups (broad SMARTS) is 1. The lowest BCUT2D eigenvalue weighted by Gasteiger charge is -2.02. The van der Waals surface area contributed by atoms with Crippen LogP contribution in [0.5, 0.6) is 5.75 Å². The number of hydrogen-bond acceptors (Lipinski definition) is 5. The summed E-state index contributed by atoms with van der Waals surface area (Å²) in [6.45, 7) is 0. The van der Waals surface area contributed by atoms with E-state index in [0.29, 0.717) is 10.9 Å². The van der Waals surface area contributed by atoms with Gasteiger partial charge in [0.1, 0.15) is 11.3 Å². The molecule has 0 atom stereocenters. The Kier molecular flexibility index (Phi) is 4.37. The Balaban J connectivity index is 3.12. The van der Waals surface area contributed by atoms with E-state index < -0.39 is 5.97 Å². The molecule has 3 N–H and O–H groups in total. The molecule has 1 aromatic rings. The van der Waals surface area contributed by atoms with Gasteiger partial charge in [-0.2, -0.15) is 5.26 Å². The summed E-state index contributed by atoms with van der Waals surface area (Å²) in [6, 6.07) is 3.93. The number of amidine groups is 1. The van der Waals surface area contributed by atoms with E-state index in [4.69, 9.17) is 10.4 Å². The van der Waals surface area contributed by atoms with E-state index in [0.717, 1.165) is 0 Å². The number of carbonyl (C=O) groups is 1. The molecule has 88 valence electrons. The lowest BCUT2D eigenvalue weighted by atomic mass is 10.2. The first-order valence-corrected chi connectivity index (χ1v) is 5.65. The average Bonchev–Trinajstić information content (AvgIpc) is 2.30. The van der Waals surface area contributed by atoms with Crippen molar-refractivity contribution in [2.24, 2.45) is 4.99 Å². The Morgan fingerprint density at radius 1 is 1.59 bits per heavy atom. The number of phenols is 1. The van der Waals surface area contributed by atoms with Crippen molar-refractivity contribution in [2.45, 2.75) is 0 Å². The number of benzene rings is 1. The average molecular weight is 251 g/mol. The van der Waals surface area contributed by atoms with Crippen LogP contribution in [-0.4, -0.2) is 27.6 Å². The lowest BCUT2D eigenvalue weighted by molar-refractivity contribution is 0.0694. The van der Waals surface area contributed by atoms with E-state index in [1.165, 1.54) is 30.0 Å². The fourth-order valence-corrected chi connectivity index (χ4v) is 1.40. The van der Waals surface area contributed by atoms with E-state index >= 15 is 0 Å². The summed E-state index contributed by atoms with van der Waals surface area (Å²) in [5.74, 6) is -1.56. The number of thioether (sulfide) groups is 1. The molecule has 0 heterocycles. The molecule has 0 aromatic heterocycles. The minimum absolute atomic E-state index is 0.233. The smallest absolute Gasteiger partial charge is 0.339 e. The molecular weight excluding hydrogens is 242 g/mol. The van der Waals surface area contributed by atoms with Crippen molar-refractivity contribution in [2.75, 3.05) is 6.26 Å². The molecule has 0 aliphatic rings. The number of nitriles is 1. The van der Waals surface area contributed by atoms with Gasteiger partial charge < -0.3 is 10.2 Å². The van der Waals surface area contributed by atoms with E-state index in [1.807, 2.05) is 0 Å². The van der Waals surface area contributed by atoms with Gasteiger partial charge in [-0.05, 0) is 24.5 Å². The van der Waals surface area contributed by atoms with Crippen LogP contribution in [0.15, 0.2) is 23.2 Å². The maximum atomic E-state index is 10.8. The van der Waals surface area contributed by atoms with Crippen molar-refractivity contribution in [3.8, 4) is 11.9 Å². The van der Waals surface area contributed by atoms with Gasteiger partial charge in [-0.15, -0.1) is 0 Å². The zero-order valence-corrected chi connectivity index (χ0v) is 9.65. The summed E-state index contributed by atoms with van der Waals surface area (Å²) in [5, 5.41) is 29.2. The van der Waals surface area contributed by atoms with Crippen molar-refractivity contribution >= 4 is 28.6 Å². The van der Waals surface area contributed by atoms with Crippen LogP contribution in [0.3, 0.4) is 0 Å². The van der Waals surface area contributed by atoms with Crippen LogP contribution in [0, 0.1) is 11.5 Å². The molecule has 1 rings (SSSR count). The van der Waals surface area contributed by atoms with Crippen LogP contribution in [0.25, 0.3) is 0 Å². The SMILES string of the molecule is CSC(=Nc1ccc(O)c(C(=O)O)c1)NC#N. The zero-order valence-electron chi connectivity index (χ0n) is 8.84. The van der Waals surface area contributed by atoms with Gasteiger partial charge in [-0.25, -0.2) is 9.79 Å². The van der Waals surface area contributed by atoms with E-state index in [9.17, 15) is 9.90 Å². The fourth-order valence-electron chi connectivity index (χ4n) is 1.05. The first-order chi connectivity index (χ1) is 8.08. The summed E-state index contributed by atoms with van der Waals surface area (Å²) in [6.07, 6.45) is 3.44. The Hall–Kier alpha value is -2.20. The summed E-state index contributed by atoms with van der Waals surface area (Å²) in [5.41, 5.74) is 0.107.